The molecule has 0 heterocycles. The Morgan fingerprint density at radius 2 is 1.67 bits per heavy atom. The summed E-state index contributed by atoms with van der Waals surface area (Å²) >= 11 is 0. The van der Waals surface area contributed by atoms with Gasteiger partial charge in [0.25, 0.3) is 0 Å². The van der Waals surface area contributed by atoms with Crippen molar-refractivity contribution < 1.29 is 9.84 Å². The van der Waals surface area contributed by atoms with Gasteiger partial charge in [0.15, 0.2) is 0 Å². The lowest BCUT2D eigenvalue weighted by atomic mass is 10.1. The maximum atomic E-state index is 9.35. The lowest BCUT2D eigenvalue weighted by Crippen LogP contribution is -2.13. The molecular weight excluding hydrogens is 188 g/mol. The van der Waals surface area contributed by atoms with Crippen LogP contribution in [0.25, 0.3) is 0 Å². The standard InChI is InChI=1S/C13H20O2/c1-4-12(5-2)15-13-8-6-11(7-9-13)10(3)14/h6-10,12,14H,4-5H2,1-3H3. The van der Waals surface area contributed by atoms with Crippen molar-refractivity contribution >= 4 is 0 Å². The molecule has 2 nitrogen and oxygen atoms in total. The third kappa shape index (κ3) is 3.56. The Kier molecular flexibility index (Phi) is 4.63. The Labute approximate surface area is 91.9 Å². The van der Waals surface area contributed by atoms with Crippen molar-refractivity contribution in [3.05, 3.63) is 29.8 Å². The van der Waals surface area contributed by atoms with Crippen LogP contribution in [-0.2, 0) is 0 Å². The summed E-state index contributed by atoms with van der Waals surface area (Å²) in [7, 11) is 0. The fourth-order valence-corrected chi connectivity index (χ4v) is 1.47. The molecule has 1 N–H and O–H groups in total. The van der Waals surface area contributed by atoms with Gasteiger partial charge < -0.3 is 9.84 Å². The van der Waals surface area contributed by atoms with Gasteiger partial charge >= 0.3 is 0 Å². The number of ether oxygens (including phenoxy) is 1. The third-order valence-corrected chi connectivity index (χ3v) is 2.58. The van der Waals surface area contributed by atoms with Crippen molar-refractivity contribution in [3.8, 4) is 5.75 Å². The van der Waals surface area contributed by atoms with E-state index in [9.17, 15) is 5.11 Å². The van der Waals surface area contributed by atoms with Gasteiger partial charge in [-0.1, -0.05) is 26.0 Å². The highest BCUT2D eigenvalue weighted by Gasteiger charge is 2.05. The van der Waals surface area contributed by atoms with Gasteiger partial charge in [0, 0.05) is 0 Å². The summed E-state index contributed by atoms with van der Waals surface area (Å²) in [5, 5.41) is 9.35. The number of benzene rings is 1. The largest absolute Gasteiger partial charge is 0.490 e. The molecule has 15 heavy (non-hydrogen) atoms. The smallest absolute Gasteiger partial charge is 0.119 e. The van der Waals surface area contributed by atoms with Gasteiger partial charge in [-0.05, 0) is 37.5 Å². The fraction of sp³-hybridized carbons (Fsp3) is 0.538. The Morgan fingerprint density at radius 3 is 2.07 bits per heavy atom. The van der Waals surface area contributed by atoms with E-state index >= 15 is 0 Å². The van der Waals surface area contributed by atoms with E-state index in [-0.39, 0.29) is 0 Å². The lowest BCUT2D eigenvalue weighted by molar-refractivity contribution is 0.190. The number of aliphatic hydroxyl groups excluding tert-OH is 1. The average Bonchev–Trinajstić information content (AvgIpc) is 2.26. The van der Waals surface area contributed by atoms with Crippen LogP contribution in [0.4, 0.5) is 0 Å². The molecule has 0 aliphatic heterocycles. The van der Waals surface area contributed by atoms with Crippen LogP contribution < -0.4 is 4.74 Å². The minimum atomic E-state index is -0.410. The Hall–Kier alpha value is -1.02. The molecule has 0 fully saturated rings. The van der Waals surface area contributed by atoms with E-state index < -0.39 is 6.10 Å². The highest BCUT2D eigenvalue weighted by Crippen LogP contribution is 2.19. The topological polar surface area (TPSA) is 29.5 Å². The summed E-state index contributed by atoms with van der Waals surface area (Å²) in [5.74, 6) is 0.883. The van der Waals surface area contributed by atoms with Gasteiger partial charge in [-0.25, -0.2) is 0 Å². The van der Waals surface area contributed by atoms with Gasteiger partial charge in [0.05, 0.1) is 12.2 Å². The van der Waals surface area contributed by atoms with Gasteiger partial charge in [0.2, 0.25) is 0 Å². The van der Waals surface area contributed by atoms with Crippen LogP contribution >= 0.6 is 0 Å². The Bertz CT molecular complexity index is 273. The molecule has 1 aromatic carbocycles. The maximum Gasteiger partial charge on any atom is 0.119 e. The lowest BCUT2D eigenvalue weighted by Gasteiger charge is -2.16. The number of rotatable bonds is 5. The first kappa shape index (κ1) is 12.1. The minimum Gasteiger partial charge on any atom is -0.490 e. The van der Waals surface area contributed by atoms with E-state index in [4.69, 9.17) is 4.74 Å². The quantitative estimate of drug-likeness (QED) is 0.804. The summed E-state index contributed by atoms with van der Waals surface area (Å²) < 4.78 is 5.77. The summed E-state index contributed by atoms with van der Waals surface area (Å²) in [6, 6.07) is 7.64. The van der Waals surface area contributed by atoms with Crippen LogP contribution in [0.15, 0.2) is 24.3 Å². The molecule has 0 aliphatic rings. The molecule has 0 aliphatic carbocycles. The molecule has 2 heteroatoms. The Balaban J connectivity index is 2.63. The minimum absolute atomic E-state index is 0.294. The van der Waals surface area contributed by atoms with Crippen molar-refractivity contribution in [1.29, 1.82) is 0 Å². The van der Waals surface area contributed by atoms with E-state index in [2.05, 4.69) is 13.8 Å². The molecule has 84 valence electrons. The van der Waals surface area contributed by atoms with Crippen LogP contribution in [0, 0.1) is 0 Å². The van der Waals surface area contributed by atoms with Crippen molar-refractivity contribution in [2.75, 3.05) is 0 Å². The summed E-state index contributed by atoms with van der Waals surface area (Å²) in [6.45, 7) is 6.01. The van der Waals surface area contributed by atoms with E-state index in [1.807, 2.05) is 24.3 Å². The fourth-order valence-electron chi connectivity index (χ4n) is 1.47. The zero-order valence-corrected chi connectivity index (χ0v) is 9.73. The molecule has 1 atom stereocenters. The number of hydrogen-bond donors (Lipinski definition) is 1. The van der Waals surface area contributed by atoms with Gasteiger partial charge in [-0.2, -0.15) is 0 Å². The second-order valence-corrected chi connectivity index (χ2v) is 3.80. The van der Waals surface area contributed by atoms with Crippen LogP contribution in [0.2, 0.25) is 0 Å². The molecule has 0 saturated carbocycles. The van der Waals surface area contributed by atoms with Gasteiger partial charge in [-0.15, -0.1) is 0 Å². The number of hydrogen-bond acceptors (Lipinski definition) is 2. The monoisotopic (exact) mass is 208 g/mol. The van der Waals surface area contributed by atoms with E-state index in [1.54, 1.807) is 6.92 Å². The van der Waals surface area contributed by atoms with Gasteiger partial charge in [0.1, 0.15) is 5.75 Å². The SMILES string of the molecule is CCC(CC)Oc1ccc(C(C)O)cc1. The summed E-state index contributed by atoms with van der Waals surface area (Å²) in [4.78, 5) is 0. The molecule has 1 aromatic rings. The van der Waals surface area contributed by atoms with Gasteiger partial charge in [-0.3, -0.25) is 0 Å². The molecule has 0 saturated heterocycles. The van der Waals surface area contributed by atoms with Crippen molar-refractivity contribution in [3.63, 3.8) is 0 Å². The normalized spacial score (nSPS) is 12.9. The molecule has 0 bridgehead atoms. The van der Waals surface area contributed by atoms with Crippen LogP contribution in [0.5, 0.6) is 5.75 Å². The van der Waals surface area contributed by atoms with Crippen molar-refractivity contribution in [2.45, 2.75) is 45.8 Å². The number of aliphatic hydroxyl groups is 1. The average molecular weight is 208 g/mol. The van der Waals surface area contributed by atoms with Crippen LogP contribution in [-0.4, -0.2) is 11.2 Å². The molecule has 1 rings (SSSR count). The molecule has 0 spiro atoms. The van der Waals surface area contributed by atoms with Crippen LogP contribution in [0.1, 0.15) is 45.3 Å². The summed E-state index contributed by atoms with van der Waals surface area (Å²) in [5.41, 5.74) is 0.923. The second-order valence-electron chi connectivity index (χ2n) is 3.80. The third-order valence-electron chi connectivity index (χ3n) is 2.58. The zero-order chi connectivity index (χ0) is 11.3. The molecule has 0 amide bonds. The Morgan fingerprint density at radius 1 is 1.13 bits per heavy atom. The van der Waals surface area contributed by atoms with Crippen molar-refractivity contribution in [1.82, 2.24) is 0 Å². The second kappa shape index (κ2) is 5.76. The van der Waals surface area contributed by atoms with Crippen molar-refractivity contribution in [2.24, 2.45) is 0 Å². The maximum absolute atomic E-state index is 9.35. The van der Waals surface area contributed by atoms with Crippen LogP contribution in [0.3, 0.4) is 0 Å². The molecule has 0 radical (unpaired) electrons. The van der Waals surface area contributed by atoms with E-state index in [0.717, 1.165) is 24.2 Å². The molecular formula is C13H20O2. The van der Waals surface area contributed by atoms with E-state index in [0.29, 0.717) is 6.10 Å². The van der Waals surface area contributed by atoms with E-state index in [1.165, 1.54) is 0 Å². The predicted octanol–water partition coefficient (Wildman–Crippen LogP) is 3.31. The zero-order valence-electron chi connectivity index (χ0n) is 9.73. The molecule has 1 unspecified atom stereocenters. The highest BCUT2D eigenvalue weighted by atomic mass is 16.5. The highest BCUT2D eigenvalue weighted by molar-refractivity contribution is 5.28. The first-order valence-electron chi connectivity index (χ1n) is 5.62. The summed E-state index contributed by atoms with van der Waals surface area (Å²) in [6.07, 6.45) is 1.93. The predicted molar refractivity (Wildman–Crippen MR) is 62.1 cm³/mol. The first-order valence-corrected chi connectivity index (χ1v) is 5.62. The molecule has 0 aromatic heterocycles. The first-order chi connectivity index (χ1) is 7.17.